The largest absolute Gasteiger partial charge is 1.00 e. The Morgan fingerprint density at radius 3 is 1.09 bits per heavy atom. The third kappa shape index (κ3) is 17.2. The van der Waals surface area contributed by atoms with Crippen molar-refractivity contribution >= 4 is 6.08 Å². The Hall–Kier alpha value is -1.98. The van der Waals surface area contributed by atoms with Gasteiger partial charge in [0.2, 0.25) is 0 Å². The van der Waals surface area contributed by atoms with E-state index in [1.54, 1.807) is 0 Å². The zero-order valence-electron chi connectivity index (χ0n) is 22.0. The molecule has 4 rings (SSSR count). The molecule has 0 saturated carbocycles. The van der Waals surface area contributed by atoms with Gasteiger partial charge < -0.3 is 0 Å². The zero-order valence-corrected chi connectivity index (χ0v) is 22.0. The van der Waals surface area contributed by atoms with Crippen LogP contribution in [0.3, 0.4) is 0 Å². The maximum absolute atomic E-state index is 3.63. The molecule has 4 aromatic rings. The van der Waals surface area contributed by atoms with Crippen LogP contribution in [0.1, 0.15) is 42.0 Å². The standard InChI is InChI=1S/C16H16.C8H9.C8H8.3Li/c1-3-9-15(10-4-1)13-7-8-14-16-11-5-2-6-12-16;2*1-2-8-6-4-3-5-7-8;;;/h1-6,9-14H,7-8H2;2-7H,1H3;2-7H,1H2;;;/q-2;-1;;3*+1. The van der Waals surface area contributed by atoms with Crippen molar-refractivity contribution in [1.82, 2.24) is 0 Å². The zero-order chi connectivity index (χ0) is 22.7. The molecule has 0 spiro atoms. The van der Waals surface area contributed by atoms with Crippen LogP contribution in [-0.2, 0) is 0 Å². The van der Waals surface area contributed by atoms with E-state index in [1.807, 2.05) is 73.7 Å². The van der Waals surface area contributed by atoms with Gasteiger partial charge in [0.25, 0.3) is 0 Å². The number of benzene rings is 4. The SMILES string of the molecule is C=Cc1ccccc1.C[CH-]c1ccccc1.[Li+].[Li+].[Li+].c1ccc([CH-]CC[CH-]c2ccccc2)cc1. The van der Waals surface area contributed by atoms with Gasteiger partial charge in [0, 0.05) is 0 Å². The van der Waals surface area contributed by atoms with E-state index in [0.29, 0.717) is 0 Å². The molecule has 0 aromatic heterocycles. The summed E-state index contributed by atoms with van der Waals surface area (Å²) in [5.41, 5.74) is 5.08. The summed E-state index contributed by atoms with van der Waals surface area (Å²) in [7, 11) is 0. The molecule has 0 bridgehead atoms. The van der Waals surface area contributed by atoms with Gasteiger partial charge in [-0.15, -0.1) is 36.4 Å². The Kier molecular flexibility index (Phi) is 23.9. The van der Waals surface area contributed by atoms with Gasteiger partial charge in [-0.3, -0.25) is 0 Å². The summed E-state index contributed by atoms with van der Waals surface area (Å²) in [5, 5.41) is 0. The van der Waals surface area contributed by atoms with E-state index in [4.69, 9.17) is 0 Å². The molecule has 0 heterocycles. The molecule has 3 heteroatoms. The van der Waals surface area contributed by atoms with Crippen molar-refractivity contribution in [2.24, 2.45) is 0 Å². The minimum Gasteiger partial charge on any atom is -0.192 e. The van der Waals surface area contributed by atoms with Gasteiger partial charge in [0.1, 0.15) is 0 Å². The molecule has 0 radical (unpaired) electrons. The summed E-state index contributed by atoms with van der Waals surface area (Å²) in [4.78, 5) is 0. The molecule has 0 amide bonds. The molecule has 0 fully saturated rings. The van der Waals surface area contributed by atoms with Crippen molar-refractivity contribution in [3.05, 3.63) is 169 Å². The molecule has 0 aliphatic heterocycles. The molecule has 4 aromatic carbocycles. The third-order valence-electron chi connectivity index (χ3n) is 4.69. The van der Waals surface area contributed by atoms with Gasteiger partial charge in [0.15, 0.2) is 0 Å². The second-order valence-corrected chi connectivity index (χ2v) is 7.12. The molecular weight excluding hydrogens is 405 g/mol. The van der Waals surface area contributed by atoms with Gasteiger partial charge in [-0.05, 0) is 5.56 Å². The van der Waals surface area contributed by atoms with Crippen LogP contribution in [0.4, 0.5) is 0 Å². The van der Waals surface area contributed by atoms with Crippen molar-refractivity contribution in [1.29, 1.82) is 0 Å². The summed E-state index contributed by atoms with van der Waals surface area (Å²) in [6.07, 6.45) is 10.7. The van der Waals surface area contributed by atoms with Crippen molar-refractivity contribution in [3.63, 3.8) is 0 Å². The maximum Gasteiger partial charge on any atom is 1.00 e. The molecular formula is C32H33Li3. The van der Waals surface area contributed by atoms with Crippen LogP contribution in [0.15, 0.2) is 128 Å². The van der Waals surface area contributed by atoms with E-state index >= 15 is 0 Å². The van der Waals surface area contributed by atoms with E-state index < -0.39 is 0 Å². The fraction of sp³-hybridized carbons (Fsp3) is 0.0938. The number of unbranched alkanes of at least 4 members (excludes halogenated alkanes) is 1. The molecule has 0 aliphatic rings. The summed E-state index contributed by atoms with van der Waals surface area (Å²) < 4.78 is 0. The molecule has 0 atom stereocenters. The van der Waals surface area contributed by atoms with Crippen LogP contribution >= 0.6 is 0 Å². The van der Waals surface area contributed by atoms with Gasteiger partial charge in [-0.25, -0.2) is 0 Å². The smallest absolute Gasteiger partial charge is 0.192 e. The van der Waals surface area contributed by atoms with Crippen LogP contribution in [0.5, 0.6) is 0 Å². The predicted molar refractivity (Wildman–Crippen MR) is 141 cm³/mol. The fourth-order valence-corrected chi connectivity index (χ4v) is 2.91. The van der Waals surface area contributed by atoms with Crippen LogP contribution in [0.25, 0.3) is 6.08 Å². The molecule has 0 aliphatic carbocycles. The Morgan fingerprint density at radius 2 is 0.829 bits per heavy atom. The molecule has 0 N–H and O–H groups in total. The summed E-state index contributed by atoms with van der Waals surface area (Å²) in [6.45, 7) is 5.67. The maximum atomic E-state index is 3.63. The first-order chi connectivity index (χ1) is 15.8. The average molecular weight is 438 g/mol. The average Bonchev–Trinajstić information content (AvgIpc) is 2.89. The van der Waals surface area contributed by atoms with Crippen LogP contribution < -0.4 is 56.6 Å². The second kappa shape index (κ2) is 23.7. The monoisotopic (exact) mass is 438 g/mol. The van der Waals surface area contributed by atoms with E-state index in [9.17, 15) is 0 Å². The fourth-order valence-electron chi connectivity index (χ4n) is 2.91. The van der Waals surface area contributed by atoms with Gasteiger partial charge >= 0.3 is 56.6 Å². The van der Waals surface area contributed by atoms with E-state index in [-0.39, 0.29) is 56.6 Å². The van der Waals surface area contributed by atoms with Crippen LogP contribution in [0, 0.1) is 19.3 Å². The molecule has 35 heavy (non-hydrogen) atoms. The third-order valence-corrected chi connectivity index (χ3v) is 4.69. The van der Waals surface area contributed by atoms with Gasteiger partial charge in [-0.1, -0.05) is 81.0 Å². The first kappa shape index (κ1) is 35.2. The molecule has 164 valence electrons. The number of rotatable bonds is 7. The first-order valence-corrected chi connectivity index (χ1v) is 11.1. The van der Waals surface area contributed by atoms with Crippen molar-refractivity contribution < 1.29 is 56.6 Å². The normalized spacial score (nSPS) is 8.37. The molecule has 0 nitrogen and oxygen atoms in total. The quantitative estimate of drug-likeness (QED) is 0.214. The van der Waals surface area contributed by atoms with Crippen molar-refractivity contribution in [2.75, 3.05) is 0 Å². The summed E-state index contributed by atoms with van der Waals surface area (Å²) >= 11 is 0. The van der Waals surface area contributed by atoms with E-state index in [1.165, 1.54) is 22.3 Å². The van der Waals surface area contributed by atoms with Crippen LogP contribution in [0.2, 0.25) is 0 Å². The number of hydrogen-bond acceptors (Lipinski definition) is 0. The van der Waals surface area contributed by atoms with E-state index in [0.717, 1.165) is 12.8 Å². The van der Waals surface area contributed by atoms with Gasteiger partial charge in [0.05, 0.1) is 0 Å². The van der Waals surface area contributed by atoms with E-state index in [2.05, 4.69) is 86.5 Å². The first-order valence-electron chi connectivity index (χ1n) is 11.1. The predicted octanol–water partition coefficient (Wildman–Crippen LogP) is -0.128. The second-order valence-electron chi connectivity index (χ2n) is 7.12. The summed E-state index contributed by atoms with van der Waals surface area (Å²) in [5.74, 6) is 0. The van der Waals surface area contributed by atoms with Crippen molar-refractivity contribution in [2.45, 2.75) is 19.8 Å². The van der Waals surface area contributed by atoms with Gasteiger partial charge in [-0.2, -0.15) is 72.4 Å². The van der Waals surface area contributed by atoms with Crippen molar-refractivity contribution in [3.8, 4) is 0 Å². The molecule has 0 saturated heterocycles. The summed E-state index contributed by atoms with van der Waals surface area (Å²) in [6, 6.07) is 41.3. The Bertz CT molecular complexity index is 915. The Morgan fingerprint density at radius 1 is 0.514 bits per heavy atom. The minimum absolute atomic E-state index is 0. The van der Waals surface area contributed by atoms with Crippen LogP contribution in [-0.4, -0.2) is 0 Å². The number of hydrogen-bond donors (Lipinski definition) is 0. The molecule has 0 unspecified atom stereocenters. The topological polar surface area (TPSA) is 0 Å². The minimum atomic E-state index is 0. The Balaban J connectivity index is 0. The Labute approximate surface area is 250 Å².